The molecule has 2 N–H and O–H groups in total. The Morgan fingerprint density at radius 1 is 1.19 bits per heavy atom. The normalized spacial score (nSPS) is 14.3. The van der Waals surface area contributed by atoms with E-state index in [9.17, 15) is 9.59 Å². The molecule has 0 atom stereocenters. The summed E-state index contributed by atoms with van der Waals surface area (Å²) in [5.74, 6) is -0.0760. The summed E-state index contributed by atoms with van der Waals surface area (Å²) < 4.78 is 1.64. The van der Waals surface area contributed by atoms with Crippen molar-refractivity contribution in [3.05, 3.63) is 29.8 Å². The number of aromatic nitrogens is 2. The number of hydrogen-bond acceptors (Lipinski definition) is 7. The Kier molecular flexibility index (Phi) is 6.93. The molecule has 0 saturated heterocycles. The summed E-state index contributed by atoms with van der Waals surface area (Å²) in [6.07, 6.45) is 6.30. The van der Waals surface area contributed by atoms with Crippen LogP contribution in [0.5, 0.6) is 0 Å². The first-order chi connectivity index (χ1) is 12.7. The number of rotatable bonds is 7. The van der Waals surface area contributed by atoms with Gasteiger partial charge in [0.05, 0.1) is 17.0 Å². The molecule has 1 aromatic carbocycles. The minimum atomic E-state index is -0.169. The Balaban J connectivity index is 1.58. The van der Waals surface area contributed by atoms with E-state index < -0.39 is 0 Å². The van der Waals surface area contributed by atoms with Crippen molar-refractivity contribution in [1.82, 2.24) is 15.5 Å². The van der Waals surface area contributed by atoms with Crippen LogP contribution in [0.1, 0.15) is 36.0 Å². The molecule has 2 amide bonds. The highest BCUT2D eigenvalue weighted by atomic mass is 32.2. The third kappa shape index (κ3) is 5.21. The van der Waals surface area contributed by atoms with Crippen molar-refractivity contribution >= 4 is 52.4 Å². The van der Waals surface area contributed by atoms with Crippen LogP contribution in [0, 0.1) is 0 Å². The zero-order valence-corrected chi connectivity index (χ0v) is 16.8. The molecule has 1 aromatic heterocycles. The summed E-state index contributed by atoms with van der Waals surface area (Å²) in [4.78, 5) is 24.8. The molecule has 0 unspecified atom stereocenters. The molecule has 1 saturated carbocycles. The minimum Gasteiger partial charge on any atom is -0.349 e. The average Bonchev–Trinajstić information content (AvgIpc) is 3.32. The fourth-order valence-corrected chi connectivity index (χ4v) is 5.01. The molecular formula is C17H20N4O2S3. The second-order valence-corrected chi connectivity index (χ2v) is 9.13. The number of para-hydroxylation sites is 1. The number of amides is 2. The molecule has 0 radical (unpaired) electrons. The number of thioether (sulfide) groups is 2. The highest BCUT2D eigenvalue weighted by molar-refractivity contribution is 8.03. The Labute approximate surface area is 164 Å². The van der Waals surface area contributed by atoms with Crippen LogP contribution in [0.4, 0.5) is 5.69 Å². The molecule has 9 heteroatoms. The van der Waals surface area contributed by atoms with Crippen LogP contribution >= 0.6 is 34.9 Å². The van der Waals surface area contributed by atoms with Crippen molar-refractivity contribution in [3.8, 4) is 0 Å². The summed E-state index contributed by atoms with van der Waals surface area (Å²) in [5, 5.41) is 13.9. The van der Waals surface area contributed by atoms with Gasteiger partial charge in [-0.15, -0.1) is 10.2 Å². The van der Waals surface area contributed by atoms with Crippen LogP contribution in [-0.4, -0.2) is 40.1 Å². The lowest BCUT2D eigenvalue weighted by atomic mass is 10.1. The van der Waals surface area contributed by atoms with E-state index in [2.05, 4.69) is 20.8 Å². The lowest BCUT2D eigenvalue weighted by Crippen LogP contribution is -2.33. The molecule has 0 aliphatic heterocycles. The predicted molar refractivity (Wildman–Crippen MR) is 107 cm³/mol. The van der Waals surface area contributed by atoms with Gasteiger partial charge in [0, 0.05) is 6.04 Å². The second-order valence-electron chi connectivity index (χ2n) is 5.88. The zero-order valence-electron chi connectivity index (χ0n) is 14.4. The number of nitrogens with one attached hydrogen (secondary N) is 2. The van der Waals surface area contributed by atoms with Crippen molar-refractivity contribution in [2.24, 2.45) is 0 Å². The smallest absolute Gasteiger partial charge is 0.253 e. The molecule has 1 fully saturated rings. The topological polar surface area (TPSA) is 84.0 Å². The Morgan fingerprint density at radius 2 is 1.92 bits per heavy atom. The first kappa shape index (κ1) is 19.2. The molecule has 6 nitrogen and oxygen atoms in total. The number of anilines is 1. The van der Waals surface area contributed by atoms with Crippen LogP contribution in [0.15, 0.2) is 32.9 Å². The van der Waals surface area contributed by atoms with E-state index in [-0.39, 0.29) is 23.6 Å². The van der Waals surface area contributed by atoms with Gasteiger partial charge < -0.3 is 10.6 Å². The van der Waals surface area contributed by atoms with Crippen LogP contribution in [0.25, 0.3) is 0 Å². The molecule has 26 heavy (non-hydrogen) atoms. The van der Waals surface area contributed by atoms with Crippen molar-refractivity contribution in [3.63, 3.8) is 0 Å². The molecule has 138 valence electrons. The summed E-state index contributed by atoms with van der Waals surface area (Å²) in [7, 11) is 0. The number of carbonyl (C=O) groups excluding carboxylic acids is 2. The van der Waals surface area contributed by atoms with E-state index in [1.807, 2.05) is 12.3 Å². The molecule has 1 aliphatic rings. The number of nitrogens with zero attached hydrogens (tertiary/aromatic N) is 2. The third-order valence-electron chi connectivity index (χ3n) is 4.03. The van der Waals surface area contributed by atoms with E-state index >= 15 is 0 Å². The first-order valence-corrected chi connectivity index (χ1v) is 11.4. The fourth-order valence-electron chi connectivity index (χ4n) is 2.77. The van der Waals surface area contributed by atoms with Crippen LogP contribution in [-0.2, 0) is 4.79 Å². The minimum absolute atomic E-state index is 0.130. The van der Waals surface area contributed by atoms with E-state index in [1.165, 1.54) is 34.9 Å². The van der Waals surface area contributed by atoms with Gasteiger partial charge in [-0.3, -0.25) is 9.59 Å². The predicted octanol–water partition coefficient (Wildman–Crippen LogP) is 3.66. The van der Waals surface area contributed by atoms with Crippen LogP contribution in [0.2, 0.25) is 0 Å². The monoisotopic (exact) mass is 408 g/mol. The maximum Gasteiger partial charge on any atom is 0.253 e. The highest BCUT2D eigenvalue weighted by Crippen LogP contribution is 2.27. The van der Waals surface area contributed by atoms with Gasteiger partial charge in [0.15, 0.2) is 8.68 Å². The highest BCUT2D eigenvalue weighted by Gasteiger charge is 2.20. The van der Waals surface area contributed by atoms with Gasteiger partial charge in [0.2, 0.25) is 5.91 Å². The number of benzene rings is 1. The van der Waals surface area contributed by atoms with Crippen molar-refractivity contribution < 1.29 is 9.59 Å². The number of carbonyl (C=O) groups is 2. The lowest BCUT2D eigenvalue weighted by molar-refractivity contribution is -0.113. The van der Waals surface area contributed by atoms with Gasteiger partial charge in [-0.25, -0.2) is 0 Å². The first-order valence-electron chi connectivity index (χ1n) is 8.35. The Bertz CT molecular complexity index is 775. The largest absolute Gasteiger partial charge is 0.349 e. The summed E-state index contributed by atoms with van der Waals surface area (Å²) in [6, 6.07) is 7.35. The van der Waals surface area contributed by atoms with Crippen molar-refractivity contribution in [1.29, 1.82) is 0 Å². The SMILES string of the molecule is CSc1nnc(SCC(=O)Nc2ccccc2C(=O)NC2CCCC2)s1. The Morgan fingerprint density at radius 3 is 2.65 bits per heavy atom. The zero-order chi connectivity index (χ0) is 18.4. The molecule has 1 aliphatic carbocycles. The van der Waals surface area contributed by atoms with E-state index in [1.54, 1.807) is 18.2 Å². The van der Waals surface area contributed by atoms with Gasteiger partial charge in [-0.2, -0.15) is 0 Å². The number of hydrogen-bond donors (Lipinski definition) is 2. The Hall–Kier alpha value is -1.58. The molecular weight excluding hydrogens is 388 g/mol. The molecule has 2 aromatic rings. The van der Waals surface area contributed by atoms with Crippen molar-refractivity contribution in [2.45, 2.75) is 40.4 Å². The molecule has 0 spiro atoms. The summed E-state index contributed by atoms with van der Waals surface area (Å²) in [5.41, 5.74) is 1.04. The van der Waals surface area contributed by atoms with Gasteiger partial charge in [0.25, 0.3) is 5.91 Å². The molecule has 3 rings (SSSR count). The standard InChI is InChI=1S/C17H20N4O2S3/c1-24-16-20-21-17(26-16)25-10-14(22)19-13-9-5-4-8-12(13)15(23)18-11-6-2-3-7-11/h4-5,8-9,11H,2-3,6-7,10H2,1H3,(H,18,23)(H,19,22). The molecule has 1 heterocycles. The van der Waals surface area contributed by atoms with Gasteiger partial charge in [-0.1, -0.05) is 59.8 Å². The van der Waals surface area contributed by atoms with Crippen LogP contribution < -0.4 is 10.6 Å². The summed E-state index contributed by atoms with van der Waals surface area (Å²) in [6.45, 7) is 0. The van der Waals surface area contributed by atoms with Gasteiger partial charge in [-0.05, 0) is 31.2 Å². The average molecular weight is 409 g/mol. The third-order valence-corrected chi connectivity index (χ3v) is 7.06. The van der Waals surface area contributed by atoms with E-state index in [0.717, 1.165) is 34.4 Å². The fraction of sp³-hybridized carbons (Fsp3) is 0.412. The maximum absolute atomic E-state index is 12.5. The molecule has 0 bridgehead atoms. The van der Waals surface area contributed by atoms with Crippen LogP contribution in [0.3, 0.4) is 0 Å². The summed E-state index contributed by atoms with van der Waals surface area (Å²) >= 11 is 4.34. The quantitative estimate of drug-likeness (QED) is 0.680. The van der Waals surface area contributed by atoms with Gasteiger partial charge >= 0.3 is 0 Å². The van der Waals surface area contributed by atoms with E-state index in [0.29, 0.717) is 11.3 Å². The van der Waals surface area contributed by atoms with Gasteiger partial charge in [0.1, 0.15) is 0 Å². The second kappa shape index (κ2) is 9.38. The maximum atomic E-state index is 12.5. The lowest BCUT2D eigenvalue weighted by Gasteiger charge is -2.14. The van der Waals surface area contributed by atoms with Crippen molar-refractivity contribution in [2.75, 3.05) is 17.3 Å². The van der Waals surface area contributed by atoms with E-state index in [4.69, 9.17) is 0 Å².